The van der Waals surface area contributed by atoms with Crippen molar-refractivity contribution in [3.05, 3.63) is 57.5 Å². The van der Waals surface area contributed by atoms with Crippen LogP contribution in [-0.4, -0.2) is 9.78 Å². The van der Waals surface area contributed by atoms with Crippen LogP contribution in [0.2, 0.25) is 0 Å². The molecule has 0 aliphatic rings. The lowest BCUT2D eigenvalue weighted by molar-refractivity contribution is -0.141. The Morgan fingerprint density at radius 2 is 1.85 bits per heavy atom. The Hall–Kier alpha value is -1.98. The van der Waals surface area contributed by atoms with Gasteiger partial charge in [-0.25, -0.2) is 0 Å². The summed E-state index contributed by atoms with van der Waals surface area (Å²) in [5, 5.41) is 2.16. The van der Waals surface area contributed by atoms with E-state index in [2.05, 4.69) is 5.10 Å². The van der Waals surface area contributed by atoms with Gasteiger partial charge in [-0.1, -0.05) is 30.3 Å². The Balaban J connectivity index is 2.06. The molecule has 0 atom stereocenters. The molecule has 1 aromatic heterocycles. The zero-order valence-corrected chi connectivity index (χ0v) is 11.0. The second kappa shape index (κ2) is 5.56. The van der Waals surface area contributed by atoms with Crippen LogP contribution in [0.4, 0.5) is 13.2 Å². The molecule has 0 radical (unpaired) electrons. The summed E-state index contributed by atoms with van der Waals surface area (Å²) in [4.78, 5) is 11.7. The number of nitrogens with zero attached hydrogens (tertiary/aromatic N) is 1. The number of aromatic nitrogens is 2. The number of hydrogen-bond donors (Lipinski definition) is 1. The van der Waals surface area contributed by atoms with Gasteiger partial charge in [0.15, 0.2) is 0 Å². The SMILES string of the molecule is Cc1c(C(F)(F)F)[nH]n(CCCc2ccccc2)c1=O. The van der Waals surface area contributed by atoms with E-state index in [0.29, 0.717) is 12.8 Å². The average Bonchev–Trinajstić information content (AvgIpc) is 2.68. The van der Waals surface area contributed by atoms with Crippen LogP contribution in [0.5, 0.6) is 0 Å². The Labute approximate surface area is 114 Å². The molecule has 0 aliphatic carbocycles. The monoisotopic (exact) mass is 284 g/mol. The molecular formula is C14H15F3N2O. The van der Waals surface area contributed by atoms with Gasteiger partial charge in [-0.15, -0.1) is 0 Å². The normalized spacial score (nSPS) is 11.8. The van der Waals surface area contributed by atoms with Crippen molar-refractivity contribution in [2.75, 3.05) is 0 Å². The first kappa shape index (κ1) is 14.4. The molecule has 108 valence electrons. The molecule has 0 saturated heterocycles. The van der Waals surface area contributed by atoms with Crippen LogP contribution in [0.15, 0.2) is 35.1 Å². The number of rotatable bonds is 4. The fraction of sp³-hybridized carbons (Fsp3) is 0.357. The van der Waals surface area contributed by atoms with Gasteiger partial charge in [0.2, 0.25) is 0 Å². The maximum absolute atomic E-state index is 12.6. The molecular weight excluding hydrogens is 269 g/mol. The highest BCUT2D eigenvalue weighted by Crippen LogP contribution is 2.28. The zero-order chi connectivity index (χ0) is 14.8. The van der Waals surface area contributed by atoms with Crippen molar-refractivity contribution in [3.63, 3.8) is 0 Å². The van der Waals surface area contributed by atoms with Crippen molar-refractivity contribution in [1.29, 1.82) is 0 Å². The number of H-pyrrole nitrogens is 1. The molecule has 1 aromatic carbocycles. The first-order valence-corrected chi connectivity index (χ1v) is 6.30. The molecule has 0 aliphatic heterocycles. The van der Waals surface area contributed by atoms with E-state index in [1.807, 2.05) is 30.3 Å². The van der Waals surface area contributed by atoms with Crippen LogP contribution in [0.1, 0.15) is 23.2 Å². The zero-order valence-electron chi connectivity index (χ0n) is 11.0. The second-order valence-corrected chi connectivity index (χ2v) is 4.66. The van der Waals surface area contributed by atoms with Gasteiger partial charge >= 0.3 is 6.18 Å². The number of halogens is 3. The van der Waals surface area contributed by atoms with E-state index in [4.69, 9.17) is 0 Å². The summed E-state index contributed by atoms with van der Waals surface area (Å²) in [6, 6.07) is 9.61. The molecule has 1 N–H and O–H groups in total. The number of nitrogens with one attached hydrogen (secondary N) is 1. The number of benzene rings is 1. The van der Waals surface area contributed by atoms with Crippen molar-refractivity contribution in [2.24, 2.45) is 0 Å². The van der Waals surface area contributed by atoms with Gasteiger partial charge < -0.3 is 0 Å². The standard InChI is InChI=1S/C14H15F3N2O/c1-10-12(14(15,16)17)18-19(13(10)20)9-5-8-11-6-3-2-4-7-11/h2-4,6-7,18H,5,8-9H2,1H3. The quantitative estimate of drug-likeness (QED) is 0.920. The highest BCUT2D eigenvalue weighted by Gasteiger charge is 2.36. The molecule has 3 nitrogen and oxygen atoms in total. The predicted molar refractivity (Wildman–Crippen MR) is 69.6 cm³/mol. The molecule has 1 heterocycles. The van der Waals surface area contributed by atoms with Crippen LogP contribution < -0.4 is 5.56 Å². The lowest BCUT2D eigenvalue weighted by Crippen LogP contribution is -2.18. The summed E-state index contributed by atoms with van der Waals surface area (Å²) in [6.07, 6.45) is -3.21. The highest BCUT2D eigenvalue weighted by molar-refractivity contribution is 5.18. The summed E-state index contributed by atoms with van der Waals surface area (Å²) in [7, 11) is 0. The summed E-state index contributed by atoms with van der Waals surface area (Å²) < 4.78 is 39.0. The van der Waals surface area contributed by atoms with Crippen LogP contribution >= 0.6 is 0 Å². The smallest absolute Gasteiger partial charge is 0.291 e. The molecule has 0 amide bonds. The highest BCUT2D eigenvalue weighted by atomic mass is 19.4. The molecule has 0 bridgehead atoms. The largest absolute Gasteiger partial charge is 0.433 e. The van der Waals surface area contributed by atoms with Gasteiger partial charge in [-0.05, 0) is 25.3 Å². The van der Waals surface area contributed by atoms with E-state index in [-0.39, 0.29) is 12.1 Å². The van der Waals surface area contributed by atoms with E-state index in [9.17, 15) is 18.0 Å². The van der Waals surface area contributed by atoms with Crippen LogP contribution in [0.3, 0.4) is 0 Å². The van der Waals surface area contributed by atoms with Gasteiger partial charge in [-0.2, -0.15) is 13.2 Å². The number of alkyl halides is 3. The third-order valence-corrected chi connectivity index (χ3v) is 3.16. The van der Waals surface area contributed by atoms with Crippen LogP contribution in [0.25, 0.3) is 0 Å². The molecule has 2 rings (SSSR count). The van der Waals surface area contributed by atoms with E-state index >= 15 is 0 Å². The third kappa shape index (κ3) is 3.12. The van der Waals surface area contributed by atoms with Crippen LogP contribution in [0, 0.1) is 6.92 Å². The Morgan fingerprint density at radius 1 is 1.20 bits per heavy atom. The topological polar surface area (TPSA) is 37.8 Å². The fourth-order valence-corrected chi connectivity index (χ4v) is 2.10. The van der Waals surface area contributed by atoms with E-state index in [0.717, 1.165) is 10.2 Å². The minimum absolute atomic E-state index is 0.241. The maximum Gasteiger partial charge on any atom is 0.433 e. The molecule has 0 spiro atoms. The molecule has 0 fully saturated rings. The van der Waals surface area contributed by atoms with Gasteiger partial charge in [-0.3, -0.25) is 14.6 Å². The average molecular weight is 284 g/mol. The Kier molecular flexibility index (Phi) is 4.01. The maximum atomic E-state index is 12.6. The predicted octanol–water partition coefficient (Wildman–Crippen LogP) is 3.14. The molecule has 6 heteroatoms. The summed E-state index contributed by atoms with van der Waals surface area (Å²) >= 11 is 0. The molecule has 0 unspecified atom stereocenters. The van der Waals surface area contributed by atoms with E-state index in [1.54, 1.807) is 0 Å². The van der Waals surface area contributed by atoms with E-state index < -0.39 is 17.4 Å². The van der Waals surface area contributed by atoms with Gasteiger partial charge in [0, 0.05) is 12.1 Å². The minimum atomic E-state index is -4.52. The lowest BCUT2D eigenvalue weighted by Gasteiger charge is -2.05. The number of hydrogen-bond acceptors (Lipinski definition) is 1. The Bertz CT molecular complexity index is 626. The Morgan fingerprint density at radius 3 is 2.40 bits per heavy atom. The van der Waals surface area contributed by atoms with Gasteiger partial charge in [0.25, 0.3) is 5.56 Å². The molecule has 2 aromatic rings. The first-order valence-electron chi connectivity index (χ1n) is 6.30. The van der Waals surface area contributed by atoms with Crippen molar-refractivity contribution < 1.29 is 13.2 Å². The lowest BCUT2D eigenvalue weighted by atomic mass is 10.1. The molecule has 20 heavy (non-hydrogen) atoms. The van der Waals surface area contributed by atoms with Crippen LogP contribution in [-0.2, 0) is 19.1 Å². The number of aryl methyl sites for hydroxylation is 2. The molecule has 0 saturated carbocycles. The van der Waals surface area contributed by atoms with E-state index in [1.165, 1.54) is 6.92 Å². The fourth-order valence-electron chi connectivity index (χ4n) is 2.10. The van der Waals surface area contributed by atoms with Crippen molar-refractivity contribution >= 4 is 0 Å². The summed E-state index contributed by atoms with van der Waals surface area (Å²) in [6.45, 7) is 1.43. The van der Waals surface area contributed by atoms with Crippen molar-refractivity contribution in [2.45, 2.75) is 32.5 Å². The first-order chi connectivity index (χ1) is 9.39. The summed E-state index contributed by atoms with van der Waals surface area (Å²) in [5.74, 6) is 0. The summed E-state index contributed by atoms with van der Waals surface area (Å²) in [5.41, 5.74) is -0.746. The van der Waals surface area contributed by atoms with Crippen molar-refractivity contribution in [1.82, 2.24) is 9.78 Å². The second-order valence-electron chi connectivity index (χ2n) is 4.66. The third-order valence-electron chi connectivity index (χ3n) is 3.16. The van der Waals surface area contributed by atoms with Crippen molar-refractivity contribution in [3.8, 4) is 0 Å². The number of aromatic amines is 1. The van der Waals surface area contributed by atoms with Gasteiger partial charge in [0.05, 0.1) is 0 Å². The van der Waals surface area contributed by atoms with Gasteiger partial charge in [0.1, 0.15) is 5.69 Å². The minimum Gasteiger partial charge on any atom is -0.291 e.